The fraction of sp³-hybridized carbons (Fsp3) is 0.250. The van der Waals surface area contributed by atoms with E-state index in [4.69, 9.17) is 9.66 Å². The van der Waals surface area contributed by atoms with E-state index in [-0.39, 0.29) is 46.4 Å². The first-order valence-electron chi connectivity index (χ1n) is 4.15. The van der Waals surface area contributed by atoms with Gasteiger partial charge in [-0.15, -0.1) is 0 Å². The molecule has 0 saturated heterocycles. The molecule has 7 nitrogen and oxygen atoms in total. The number of rotatable bonds is 4. The standard InChI is InChI=1S/C8H9NO6S.Na.H/c10-4-6-1-2-8(9(11)12)3-7(6)5-16(13,14)15;;/h1-3,10H,4-5H2,(H,13,14,15);;. The first-order valence-corrected chi connectivity index (χ1v) is 5.76. The molecule has 0 aliphatic rings. The van der Waals surface area contributed by atoms with E-state index in [9.17, 15) is 18.5 Å². The molecular weight excluding hydrogens is 261 g/mol. The van der Waals surface area contributed by atoms with Crippen LogP contribution in [0.15, 0.2) is 18.2 Å². The third-order valence-electron chi connectivity index (χ3n) is 1.91. The van der Waals surface area contributed by atoms with Crippen LogP contribution in [-0.4, -0.2) is 52.6 Å². The third-order valence-corrected chi connectivity index (χ3v) is 2.58. The minimum atomic E-state index is -4.29. The molecule has 1 aromatic carbocycles. The van der Waals surface area contributed by atoms with Crippen molar-refractivity contribution in [1.82, 2.24) is 0 Å². The van der Waals surface area contributed by atoms with Crippen LogP contribution in [0.1, 0.15) is 11.1 Å². The molecule has 90 valence electrons. The van der Waals surface area contributed by atoms with Gasteiger partial charge in [-0.2, -0.15) is 8.42 Å². The molecule has 0 fully saturated rings. The fourth-order valence-electron chi connectivity index (χ4n) is 1.21. The number of non-ortho nitro benzene ring substituents is 1. The average Bonchev–Trinajstić information content (AvgIpc) is 2.15. The molecule has 2 N–H and O–H groups in total. The summed E-state index contributed by atoms with van der Waals surface area (Å²) in [4.78, 5) is 9.76. The summed E-state index contributed by atoms with van der Waals surface area (Å²) in [5.74, 6) is -0.759. The van der Waals surface area contributed by atoms with Crippen molar-refractivity contribution in [2.24, 2.45) is 0 Å². The van der Waals surface area contributed by atoms with E-state index in [1.807, 2.05) is 0 Å². The summed E-state index contributed by atoms with van der Waals surface area (Å²) in [6, 6.07) is 3.41. The number of nitro groups is 1. The Morgan fingerprint density at radius 1 is 1.29 bits per heavy atom. The minimum absolute atomic E-state index is 0. The number of aliphatic hydroxyl groups excluding tert-OH is 1. The van der Waals surface area contributed by atoms with E-state index in [0.717, 1.165) is 12.1 Å². The van der Waals surface area contributed by atoms with E-state index in [2.05, 4.69) is 0 Å². The van der Waals surface area contributed by atoms with Gasteiger partial charge in [0.2, 0.25) is 0 Å². The van der Waals surface area contributed by atoms with Crippen LogP contribution in [0.5, 0.6) is 0 Å². The van der Waals surface area contributed by atoms with Crippen LogP contribution in [0.2, 0.25) is 0 Å². The quantitative estimate of drug-likeness (QED) is 0.339. The Kier molecular flexibility index (Phi) is 6.24. The Bertz CT molecular complexity index is 515. The zero-order chi connectivity index (χ0) is 12.3. The fourth-order valence-corrected chi connectivity index (χ4v) is 1.87. The molecule has 0 heterocycles. The number of hydrogen-bond donors (Lipinski definition) is 2. The number of nitrogens with zero attached hydrogens (tertiary/aromatic N) is 1. The second kappa shape index (κ2) is 6.43. The van der Waals surface area contributed by atoms with Crippen molar-refractivity contribution in [1.29, 1.82) is 0 Å². The molecule has 0 saturated carbocycles. The van der Waals surface area contributed by atoms with Gasteiger partial charge >= 0.3 is 29.6 Å². The summed E-state index contributed by atoms with van der Waals surface area (Å²) in [5.41, 5.74) is -0.0572. The third kappa shape index (κ3) is 5.11. The molecule has 0 aliphatic carbocycles. The maximum absolute atomic E-state index is 10.7. The molecule has 0 bridgehead atoms. The van der Waals surface area contributed by atoms with Gasteiger partial charge in [0.15, 0.2) is 0 Å². The number of aliphatic hydroxyl groups is 1. The van der Waals surface area contributed by atoms with Crippen LogP contribution in [-0.2, 0) is 22.5 Å². The number of hydrogen-bond acceptors (Lipinski definition) is 5. The number of benzene rings is 1. The average molecular weight is 271 g/mol. The molecule has 0 aromatic heterocycles. The molecular formula is C8H10NNaO6S. The van der Waals surface area contributed by atoms with E-state index in [0.29, 0.717) is 0 Å². The van der Waals surface area contributed by atoms with Crippen LogP contribution in [0, 0.1) is 10.1 Å². The van der Waals surface area contributed by atoms with Crippen LogP contribution in [0.25, 0.3) is 0 Å². The van der Waals surface area contributed by atoms with E-state index < -0.39 is 27.4 Å². The normalized spacial score (nSPS) is 10.7. The Hall–Kier alpha value is -0.510. The van der Waals surface area contributed by atoms with Gasteiger partial charge in [-0.05, 0) is 17.2 Å². The van der Waals surface area contributed by atoms with Gasteiger partial charge in [0.25, 0.3) is 15.8 Å². The topological polar surface area (TPSA) is 118 Å². The zero-order valence-electron chi connectivity index (χ0n) is 8.03. The zero-order valence-corrected chi connectivity index (χ0v) is 8.85. The van der Waals surface area contributed by atoms with Crippen molar-refractivity contribution < 1.29 is 23.0 Å². The molecule has 17 heavy (non-hydrogen) atoms. The Morgan fingerprint density at radius 2 is 1.88 bits per heavy atom. The van der Waals surface area contributed by atoms with Gasteiger partial charge in [-0.3, -0.25) is 14.7 Å². The van der Waals surface area contributed by atoms with Gasteiger partial charge in [-0.25, -0.2) is 0 Å². The van der Waals surface area contributed by atoms with Gasteiger partial charge in [0.05, 0.1) is 11.5 Å². The van der Waals surface area contributed by atoms with Gasteiger partial charge < -0.3 is 5.11 Å². The predicted octanol–water partition coefficient (Wildman–Crippen LogP) is -0.174. The molecule has 1 aromatic rings. The van der Waals surface area contributed by atoms with E-state index >= 15 is 0 Å². The van der Waals surface area contributed by atoms with E-state index in [1.54, 1.807) is 0 Å². The summed E-state index contributed by atoms with van der Waals surface area (Å²) in [6.45, 7) is -0.456. The van der Waals surface area contributed by atoms with Crippen LogP contribution in [0.3, 0.4) is 0 Å². The predicted molar refractivity (Wildman–Crippen MR) is 61.4 cm³/mol. The molecule has 0 aliphatic heterocycles. The summed E-state index contributed by atoms with van der Waals surface area (Å²) in [6.07, 6.45) is 0. The van der Waals surface area contributed by atoms with Gasteiger partial charge in [0, 0.05) is 12.1 Å². The molecule has 0 unspecified atom stereocenters. The first kappa shape index (κ1) is 16.5. The Morgan fingerprint density at radius 3 is 2.29 bits per heavy atom. The molecule has 9 heteroatoms. The SMILES string of the molecule is O=[N+]([O-])c1ccc(CO)c(CS(=O)(=O)O)c1.[NaH]. The van der Waals surface area contributed by atoms with E-state index in [1.165, 1.54) is 6.07 Å². The molecule has 0 amide bonds. The van der Waals surface area contributed by atoms with Crippen molar-refractivity contribution >= 4 is 45.4 Å². The summed E-state index contributed by atoms with van der Waals surface area (Å²) >= 11 is 0. The molecule has 0 radical (unpaired) electrons. The summed E-state index contributed by atoms with van der Waals surface area (Å²) in [5, 5.41) is 19.3. The Labute approximate surface area is 120 Å². The maximum atomic E-state index is 10.7. The molecule has 0 spiro atoms. The van der Waals surface area contributed by atoms with Crippen molar-refractivity contribution in [3.8, 4) is 0 Å². The number of nitro benzene ring substituents is 1. The second-order valence-electron chi connectivity index (χ2n) is 3.09. The molecule has 0 atom stereocenters. The van der Waals surface area contributed by atoms with Crippen molar-refractivity contribution in [3.63, 3.8) is 0 Å². The van der Waals surface area contributed by atoms with Crippen LogP contribution >= 0.6 is 0 Å². The first-order chi connectivity index (χ1) is 7.33. The Balaban J connectivity index is 0.00000256. The summed E-state index contributed by atoms with van der Waals surface area (Å²) in [7, 11) is -4.29. The molecule has 1 rings (SSSR count). The van der Waals surface area contributed by atoms with Gasteiger partial charge in [0.1, 0.15) is 5.75 Å². The van der Waals surface area contributed by atoms with Crippen LogP contribution in [0.4, 0.5) is 5.69 Å². The second-order valence-corrected chi connectivity index (χ2v) is 4.55. The van der Waals surface area contributed by atoms with Crippen molar-refractivity contribution in [2.45, 2.75) is 12.4 Å². The summed E-state index contributed by atoms with van der Waals surface area (Å²) < 4.78 is 29.9. The van der Waals surface area contributed by atoms with Crippen molar-refractivity contribution in [3.05, 3.63) is 39.4 Å². The van der Waals surface area contributed by atoms with Crippen LogP contribution < -0.4 is 0 Å². The van der Waals surface area contributed by atoms with Gasteiger partial charge in [-0.1, -0.05) is 0 Å². The van der Waals surface area contributed by atoms with Crippen molar-refractivity contribution in [2.75, 3.05) is 0 Å². The monoisotopic (exact) mass is 271 g/mol.